The van der Waals surface area contributed by atoms with Crippen molar-refractivity contribution in [3.8, 4) is 11.8 Å². The molecule has 0 aromatic heterocycles. The van der Waals surface area contributed by atoms with Gasteiger partial charge >= 0.3 is 5.97 Å². The van der Waals surface area contributed by atoms with Crippen LogP contribution in [-0.2, 0) is 14.3 Å². The lowest BCUT2D eigenvalue weighted by Crippen LogP contribution is -2.35. The van der Waals surface area contributed by atoms with Crippen molar-refractivity contribution in [2.45, 2.75) is 39.9 Å². The van der Waals surface area contributed by atoms with Crippen molar-refractivity contribution >= 4 is 17.6 Å². The molecular weight excluding hydrogens is 344 g/mol. The first-order chi connectivity index (χ1) is 12.8. The number of aryl methyl sites for hydroxylation is 2. The van der Waals surface area contributed by atoms with Crippen LogP contribution in [0.2, 0.25) is 0 Å². The molecule has 0 unspecified atom stereocenters. The van der Waals surface area contributed by atoms with E-state index in [0.29, 0.717) is 17.0 Å². The highest BCUT2D eigenvalue weighted by atomic mass is 16.6. The first kappa shape index (κ1) is 20.0. The second-order valence-corrected chi connectivity index (χ2v) is 6.28. The predicted molar refractivity (Wildman–Crippen MR) is 101 cm³/mol. The first-order valence-electron chi connectivity index (χ1n) is 8.55. The molecule has 27 heavy (non-hydrogen) atoms. The first-order valence-corrected chi connectivity index (χ1v) is 8.55. The van der Waals surface area contributed by atoms with E-state index in [1.54, 1.807) is 24.3 Å². The SMILES string of the molecule is Cc1ccc(NC(=O)[C@H](C)OC(=O)[C@@H](C)Oc2ccc(C#N)cc2)c(C)c1. The van der Waals surface area contributed by atoms with Crippen molar-refractivity contribution in [2.75, 3.05) is 5.32 Å². The smallest absolute Gasteiger partial charge is 0.347 e. The summed E-state index contributed by atoms with van der Waals surface area (Å²) in [6, 6.07) is 14.0. The number of hydrogen-bond donors (Lipinski definition) is 1. The van der Waals surface area contributed by atoms with Gasteiger partial charge in [0.1, 0.15) is 5.75 Å². The highest BCUT2D eigenvalue weighted by Gasteiger charge is 2.23. The standard InChI is InChI=1S/C21H22N2O4/c1-13-5-10-19(14(2)11-13)23-20(24)15(3)27-21(25)16(4)26-18-8-6-17(12-22)7-9-18/h5-11,15-16H,1-4H3,(H,23,24)/t15-,16+/m0/s1. The van der Waals surface area contributed by atoms with Gasteiger partial charge in [-0.05, 0) is 63.6 Å². The lowest BCUT2D eigenvalue weighted by atomic mass is 10.1. The summed E-state index contributed by atoms with van der Waals surface area (Å²) in [5.74, 6) is -0.630. The van der Waals surface area contributed by atoms with E-state index in [2.05, 4.69) is 5.32 Å². The molecule has 0 saturated carbocycles. The molecule has 1 amide bonds. The normalized spacial score (nSPS) is 12.4. The molecule has 6 heteroatoms. The zero-order chi connectivity index (χ0) is 20.0. The number of nitriles is 1. The minimum atomic E-state index is -0.967. The number of anilines is 1. The van der Waals surface area contributed by atoms with Gasteiger partial charge in [0.05, 0.1) is 11.6 Å². The zero-order valence-corrected chi connectivity index (χ0v) is 15.8. The Hall–Kier alpha value is -3.33. The second-order valence-electron chi connectivity index (χ2n) is 6.28. The molecule has 0 saturated heterocycles. The fourth-order valence-electron chi connectivity index (χ4n) is 2.37. The number of rotatable bonds is 6. The van der Waals surface area contributed by atoms with Crippen LogP contribution < -0.4 is 10.1 Å². The lowest BCUT2D eigenvalue weighted by molar-refractivity contribution is -0.159. The quantitative estimate of drug-likeness (QED) is 0.790. The van der Waals surface area contributed by atoms with Crippen molar-refractivity contribution in [1.29, 1.82) is 5.26 Å². The van der Waals surface area contributed by atoms with Crippen molar-refractivity contribution in [1.82, 2.24) is 0 Å². The maximum Gasteiger partial charge on any atom is 0.347 e. The maximum absolute atomic E-state index is 12.3. The number of hydrogen-bond acceptors (Lipinski definition) is 5. The van der Waals surface area contributed by atoms with E-state index < -0.39 is 24.1 Å². The zero-order valence-electron chi connectivity index (χ0n) is 15.8. The second kappa shape index (κ2) is 8.86. The van der Waals surface area contributed by atoms with Gasteiger partial charge in [0.15, 0.2) is 12.2 Å². The molecular formula is C21H22N2O4. The fraction of sp³-hybridized carbons (Fsp3) is 0.286. The number of esters is 1. The molecule has 1 N–H and O–H groups in total. The Morgan fingerprint density at radius 1 is 1.04 bits per heavy atom. The minimum absolute atomic E-state index is 0.416. The largest absolute Gasteiger partial charge is 0.479 e. The number of nitrogens with zero attached hydrogens (tertiary/aromatic N) is 1. The average Bonchev–Trinajstić information content (AvgIpc) is 2.64. The van der Waals surface area contributed by atoms with Gasteiger partial charge in [0, 0.05) is 5.69 Å². The van der Waals surface area contributed by atoms with Gasteiger partial charge < -0.3 is 14.8 Å². The highest BCUT2D eigenvalue weighted by molar-refractivity contribution is 5.95. The number of amides is 1. The predicted octanol–water partition coefficient (Wildman–Crippen LogP) is 3.51. The van der Waals surface area contributed by atoms with Crippen molar-refractivity contribution in [3.05, 3.63) is 59.2 Å². The summed E-state index contributed by atoms with van der Waals surface area (Å²) in [7, 11) is 0. The van der Waals surface area contributed by atoms with Gasteiger partial charge in [0.25, 0.3) is 5.91 Å². The Morgan fingerprint density at radius 2 is 1.70 bits per heavy atom. The molecule has 0 radical (unpaired) electrons. The van der Waals surface area contributed by atoms with E-state index in [-0.39, 0.29) is 0 Å². The van der Waals surface area contributed by atoms with Crippen LogP contribution in [-0.4, -0.2) is 24.1 Å². The molecule has 0 aliphatic carbocycles. The van der Waals surface area contributed by atoms with Crippen LogP contribution in [0.4, 0.5) is 5.69 Å². The fourth-order valence-corrected chi connectivity index (χ4v) is 2.37. The van der Waals surface area contributed by atoms with E-state index in [9.17, 15) is 9.59 Å². The Balaban J connectivity index is 1.91. The average molecular weight is 366 g/mol. The number of nitrogens with one attached hydrogen (secondary N) is 1. The van der Waals surface area contributed by atoms with Crippen LogP contribution in [0.15, 0.2) is 42.5 Å². The van der Waals surface area contributed by atoms with Crippen LogP contribution >= 0.6 is 0 Å². The van der Waals surface area contributed by atoms with Crippen LogP contribution in [0.3, 0.4) is 0 Å². The van der Waals surface area contributed by atoms with Gasteiger partial charge in [-0.1, -0.05) is 17.7 Å². The van der Waals surface area contributed by atoms with E-state index in [1.165, 1.54) is 13.8 Å². The van der Waals surface area contributed by atoms with Crippen LogP contribution in [0.25, 0.3) is 0 Å². The molecule has 2 aromatic carbocycles. The topological polar surface area (TPSA) is 88.4 Å². The van der Waals surface area contributed by atoms with Crippen LogP contribution in [0, 0.1) is 25.2 Å². The van der Waals surface area contributed by atoms with E-state index in [1.807, 2.05) is 38.1 Å². The molecule has 0 aliphatic rings. The molecule has 0 aliphatic heterocycles. The maximum atomic E-state index is 12.3. The summed E-state index contributed by atoms with van der Waals surface area (Å²) in [4.78, 5) is 24.4. The number of ether oxygens (including phenoxy) is 2. The van der Waals surface area contributed by atoms with Crippen LogP contribution in [0.1, 0.15) is 30.5 Å². The Kier molecular flexibility index (Phi) is 6.56. The molecule has 2 atom stereocenters. The molecule has 0 bridgehead atoms. The summed E-state index contributed by atoms with van der Waals surface area (Å²) < 4.78 is 10.7. The lowest BCUT2D eigenvalue weighted by Gasteiger charge is -2.18. The van der Waals surface area contributed by atoms with Crippen molar-refractivity contribution in [2.24, 2.45) is 0 Å². The molecule has 2 aromatic rings. The molecule has 0 heterocycles. The van der Waals surface area contributed by atoms with Crippen molar-refractivity contribution < 1.29 is 19.1 Å². The summed E-state index contributed by atoms with van der Waals surface area (Å²) in [5.41, 5.74) is 3.20. The highest BCUT2D eigenvalue weighted by Crippen LogP contribution is 2.17. The minimum Gasteiger partial charge on any atom is -0.479 e. The summed E-state index contributed by atoms with van der Waals surface area (Å²) in [6.45, 7) is 6.91. The van der Waals surface area contributed by atoms with Gasteiger partial charge in [-0.2, -0.15) is 5.26 Å². The van der Waals surface area contributed by atoms with Gasteiger partial charge in [-0.25, -0.2) is 4.79 Å². The van der Waals surface area contributed by atoms with Gasteiger partial charge in [0.2, 0.25) is 0 Å². The third-order valence-corrected chi connectivity index (χ3v) is 3.93. The Labute approximate surface area is 158 Å². The van der Waals surface area contributed by atoms with E-state index >= 15 is 0 Å². The molecule has 140 valence electrons. The Morgan fingerprint density at radius 3 is 2.30 bits per heavy atom. The molecule has 0 spiro atoms. The number of carbonyl (C=O) groups is 2. The van der Waals surface area contributed by atoms with E-state index in [0.717, 1.165) is 11.1 Å². The summed E-state index contributed by atoms with van der Waals surface area (Å²) >= 11 is 0. The molecule has 6 nitrogen and oxygen atoms in total. The third-order valence-electron chi connectivity index (χ3n) is 3.93. The van der Waals surface area contributed by atoms with Gasteiger partial charge in [-0.15, -0.1) is 0 Å². The number of carbonyl (C=O) groups excluding carboxylic acids is 2. The third kappa shape index (κ3) is 5.58. The molecule has 0 fully saturated rings. The molecule has 2 rings (SSSR count). The monoisotopic (exact) mass is 366 g/mol. The summed E-state index contributed by atoms with van der Waals surface area (Å²) in [6.07, 6.45) is -1.86. The van der Waals surface area contributed by atoms with Gasteiger partial charge in [-0.3, -0.25) is 4.79 Å². The number of benzene rings is 2. The summed E-state index contributed by atoms with van der Waals surface area (Å²) in [5, 5.41) is 11.5. The van der Waals surface area contributed by atoms with Crippen molar-refractivity contribution in [3.63, 3.8) is 0 Å². The Bertz CT molecular complexity index is 869. The van der Waals surface area contributed by atoms with Crippen LogP contribution in [0.5, 0.6) is 5.75 Å². The van der Waals surface area contributed by atoms with E-state index in [4.69, 9.17) is 14.7 Å².